The molecule has 0 saturated carbocycles. The van der Waals surface area contributed by atoms with Gasteiger partial charge in [-0.25, -0.2) is 0 Å². The smallest absolute Gasteiger partial charge is 0.383 e. The molecule has 0 radical (unpaired) electrons. The predicted octanol–water partition coefficient (Wildman–Crippen LogP) is 3.47. The number of hydrogen-bond donors (Lipinski definition) is 0. The summed E-state index contributed by atoms with van der Waals surface area (Å²) < 4.78 is 2.00. The second-order valence-electron chi connectivity index (χ2n) is 3.39. The molecule has 2 rings (SSSR count). The van der Waals surface area contributed by atoms with Crippen LogP contribution in [0.2, 0.25) is 0 Å². The van der Waals surface area contributed by atoms with Crippen LogP contribution in [0.3, 0.4) is 0 Å². The molecule has 0 bridgehead atoms. The maximum absolute atomic E-state index is 4.45. The molecular weight excluding hydrogens is 382 g/mol. The normalized spacial score (nSPS) is 8.53. The molecule has 2 aromatic heterocycles. The molecule has 2 aromatic rings. The SMILES string of the molecule is CC.Cc1cn2ccnc2c([C-](C)C)n1.[CH3-].[W+2]. The first-order valence-corrected chi connectivity index (χ1v) is 5.29. The van der Waals surface area contributed by atoms with E-state index < -0.39 is 0 Å². The molecule has 0 aliphatic heterocycles. The topological polar surface area (TPSA) is 30.2 Å². The second kappa shape index (κ2) is 8.30. The first-order valence-electron chi connectivity index (χ1n) is 5.29. The molecule has 0 atom stereocenters. The van der Waals surface area contributed by atoms with E-state index in [1.54, 1.807) is 6.20 Å². The maximum Gasteiger partial charge on any atom is 2.00 e. The molecule has 4 heteroatoms. The third-order valence-corrected chi connectivity index (χ3v) is 1.97. The number of aromatic nitrogens is 3. The van der Waals surface area contributed by atoms with Crippen molar-refractivity contribution in [1.82, 2.24) is 14.4 Å². The van der Waals surface area contributed by atoms with E-state index in [9.17, 15) is 0 Å². The van der Waals surface area contributed by atoms with Crippen LogP contribution in [0.15, 0.2) is 18.6 Å². The molecule has 3 nitrogen and oxygen atoms in total. The predicted molar refractivity (Wildman–Crippen MR) is 69.2 cm³/mol. The maximum atomic E-state index is 4.45. The van der Waals surface area contributed by atoms with Gasteiger partial charge >= 0.3 is 21.1 Å². The van der Waals surface area contributed by atoms with Gasteiger partial charge in [0.05, 0.1) is 0 Å². The fraction of sp³-hybridized carbons (Fsp3) is 0.385. The first kappa shape index (κ1) is 18.5. The summed E-state index contributed by atoms with van der Waals surface area (Å²) in [5, 5.41) is 0. The number of rotatable bonds is 1. The van der Waals surface area contributed by atoms with E-state index in [4.69, 9.17) is 0 Å². The van der Waals surface area contributed by atoms with Gasteiger partial charge in [0.15, 0.2) is 0 Å². The quantitative estimate of drug-likeness (QED) is 0.683. The van der Waals surface area contributed by atoms with Crippen molar-refractivity contribution in [2.24, 2.45) is 0 Å². The molecule has 0 spiro atoms. The average molecular weight is 403 g/mol. The van der Waals surface area contributed by atoms with Gasteiger partial charge < -0.3 is 16.8 Å². The minimum absolute atomic E-state index is 0. The van der Waals surface area contributed by atoms with E-state index >= 15 is 0 Å². The van der Waals surface area contributed by atoms with Crippen LogP contribution in [0.4, 0.5) is 0 Å². The molecule has 0 saturated heterocycles. The molecule has 2 heterocycles. The summed E-state index contributed by atoms with van der Waals surface area (Å²) in [4.78, 5) is 8.71. The van der Waals surface area contributed by atoms with Crippen LogP contribution < -0.4 is 0 Å². The van der Waals surface area contributed by atoms with Gasteiger partial charge in [0.25, 0.3) is 0 Å². The fourth-order valence-corrected chi connectivity index (χ4v) is 1.39. The van der Waals surface area contributed by atoms with E-state index in [2.05, 4.69) is 23.8 Å². The summed E-state index contributed by atoms with van der Waals surface area (Å²) in [5.41, 5.74) is 2.94. The van der Waals surface area contributed by atoms with Crippen LogP contribution in [0, 0.1) is 20.3 Å². The summed E-state index contributed by atoms with van der Waals surface area (Å²) in [6, 6.07) is 0. The van der Waals surface area contributed by atoms with Gasteiger partial charge in [-0.3, -0.25) is 4.98 Å². The van der Waals surface area contributed by atoms with E-state index in [1.165, 1.54) is 5.92 Å². The third-order valence-electron chi connectivity index (χ3n) is 1.97. The number of aryl methyl sites for hydroxylation is 1. The van der Waals surface area contributed by atoms with Crippen LogP contribution in [0.25, 0.3) is 5.65 Å². The van der Waals surface area contributed by atoms with E-state index in [0.717, 1.165) is 17.0 Å². The minimum atomic E-state index is 0. The molecule has 0 aliphatic carbocycles. The van der Waals surface area contributed by atoms with E-state index in [1.807, 2.05) is 37.6 Å². The van der Waals surface area contributed by atoms with Crippen molar-refractivity contribution >= 4 is 5.65 Å². The zero-order valence-corrected chi connectivity index (χ0v) is 14.4. The number of imidazole rings is 1. The van der Waals surface area contributed by atoms with Crippen molar-refractivity contribution in [1.29, 1.82) is 0 Å². The third kappa shape index (κ3) is 4.16. The van der Waals surface area contributed by atoms with Crippen LogP contribution in [-0.4, -0.2) is 14.4 Å². The van der Waals surface area contributed by atoms with Crippen molar-refractivity contribution in [3.63, 3.8) is 0 Å². The summed E-state index contributed by atoms with van der Waals surface area (Å²) in [5.74, 6) is 1.19. The Morgan fingerprint density at radius 3 is 2.35 bits per heavy atom. The number of nitrogens with zero attached hydrogens (tertiary/aromatic N) is 3. The van der Waals surface area contributed by atoms with Crippen molar-refractivity contribution in [3.8, 4) is 0 Å². The molecule has 0 amide bonds. The van der Waals surface area contributed by atoms with Crippen molar-refractivity contribution < 1.29 is 21.1 Å². The Hall–Kier alpha value is -0.822. The van der Waals surface area contributed by atoms with Gasteiger partial charge in [0, 0.05) is 29.9 Å². The Morgan fingerprint density at radius 1 is 1.24 bits per heavy atom. The zero-order valence-electron chi connectivity index (χ0n) is 11.5. The summed E-state index contributed by atoms with van der Waals surface area (Å²) in [6.45, 7) is 10.1. The van der Waals surface area contributed by atoms with Gasteiger partial charge in [-0.15, -0.1) is 13.8 Å². The first-order chi connectivity index (χ1) is 7.18. The molecular formula is C13H21N3W. The van der Waals surface area contributed by atoms with Crippen LogP contribution in [-0.2, 0) is 21.1 Å². The Bertz CT molecular complexity index is 435. The monoisotopic (exact) mass is 403 g/mol. The van der Waals surface area contributed by atoms with Gasteiger partial charge in [-0.05, 0) is 6.92 Å². The van der Waals surface area contributed by atoms with Gasteiger partial charge in [0.1, 0.15) is 0 Å². The fourth-order valence-electron chi connectivity index (χ4n) is 1.39. The Kier molecular flexibility index (Phi) is 9.05. The molecule has 17 heavy (non-hydrogen) atoms. The van der Waals surface area contributed by atoms with Crippen molar-refractivity contribution in [2.45, 2.75) is 34.6 Å². The molecule has 0 aliphatic rings. The Morgan fingerprint density at radius 2 is 1.82 bits per heavy atom. The minimum Gasteiger partial charge on any atom is -0.383 e. The molecule has 94 valence electrons. The van der Waals surface area contributed by atoms with Crippen LogP contribution in [0.1, 0.15) is 39.1 Å². The van der Waals surface area contributed by atoms with Gasteiger partial charge in [0.2, 0.25) is 0 Å². The molecule has 0 fully saturated rings. The largest absolute Gasteiger partial charge is 2.00 e. The number of fused-ring (bicyclic) bond motifs is 1. The molecule has 0 unspecified atom stereocenters. The summed E-state index contributed by atoms with van der Waals surface area (Å²) in [6.07, 6.45) is 5.72. The second-order valence-corrected chi connectivity index (χ2v) is 3.39. The summed E-state index contributed by atoms with van der Waals surface area (Å²) in [7, 11) is 0. The summed E-state index contributed by atoms with van der Waals surface area (Å²) >= 11 is 0. The van der Waals surface area contributed by atoms with Crippen LogP contribution in [0.5, 0.6) is 0 Å². The van der Waals surface area contributed by atoms with Crippen molar-refractivity contribution in [3.05, 3.63) is 43.3 Å². The molecule has 0 N–H and O–H groups in total. The van der Waals surface area contributed by atoms with Crippen LogP contribution >= 0.6 is 0 Å². The number of hydrogen-bond acceptors (Lipinski definition) is 2. The Balaban J connectivity index is 0. The average Bonchev–Trinajstić information content (AvgIpc) is 2.67. The van der Waals surface area contributed by atoms with Gasteiger partial charge in [-0.2, -0.15) is 5.92 Å². The van der Waals surface area contributed by atoms with Crippen molar-refractivity contribution in [2.75, 3.05) is 0 Å². The molecule has 0 aromatic carbocycles. The van der Waals surface area contributed by atoms with E-state index in [-0.39, 0.29) is 28.5 Å². The zero-order chi connectivity index (χ0) is 11.4. The van der Waals surface area contributed by atoms with E-state index in [0.29, 0.717) is 0 Å². The standard InChI is InChI=1S/C10H12N3.C2H6.CH3.W/c1-7(2)9-10-11-4-5-13(10)6-8(3)12-9;1-2;;/h4-6H,1-3H3;1-2H3;1H3;/q-1;;-1;+2. The van der Waals surface area contributed by atoms with Gasteiger partial charge in [-0.1, -0.05) is 19.5 Å². The Labute approximate surface area is 119 Å².